The van der Waals surface area contributed by atoms with Gasteiger partial charge in [-0.1, -0.05) is 6.92 Å². The third-order valence-electron chi connectivity index (χ3n) is 7.06. The highest BCUT2D eigenvalue weighted by Gasteiger charge is 2.54. The average molecular weight is 277 g/mol. The quantitative estimate of drug-likeness (QED) is 0.829. The van der Waals surface area contributed by atoms with Crippen LogP contribution in [0.25, 0.3) is 0 Å². The third kappa shape index (κ3) is 2.33. The fourth-order valence-electron chi connectivity index (χ4n) is 6.51. The molecule has 2 nitrogen and oxygen atoms in total. The van der Waals surface area contributed by atoms with Crippen LogP contribution in [-0.2, 0) is 0 Å². The van der Waals surface area contributed by atoms with E-state index in [0.29, 0.717) is 11.5 Å². The predicted octanol–water partition coefficient (Wildman–Crippen LogP) is 3.34. The highest BCUT2D eigenvalue weighted by atomic mass is 16.3. The Morgan fingerprint density at radius 3 is 2.20 bits per heavy atom. The van der Waals surface area contributed by atoms with E-state index in [-0.39, 0.29) is 6.10 Å². The monoisotopic (exact) mass is 277 g/mol. The van der Waals surface area contributed by atoms with Crippen LogP contribution in [0, 0.1) is 29.1 Å². The van der Waals surface area contributed by atoms with Crippen LogP contribution in [0.1, 0.15) is 64.7 Å². The summed E-state index contributed by atoms with van der Waals surface area (Å²) in [5.74, 6) is 3.70. The molecule has 0 aromatic carbocycles. The number of hydrogen-bond donors (Lipinski definition) is 2. The summed E-state index contributed by atoms with van der Waals surface area (Å²) in [5, 5.41) is 14.7. The minimum absolute atomic E-state index is 0.0429. The maximum Gasteiger partial charge on any atom is 0.0611 e. The molecule has 114 valence electrons. The van der Waals surface area contributed by atoms with Gasteiger partial charge in [-0.15, -0.1) is 0 Å². The molecule has 2 heteroatoms. The van der Waals surface area contributed by atoms with Crippen molar-refractivity contribution in [3.05, 3.63) is 0 Å². The van der Waals surface area contributed by atoms with Gasteiger partial charge >= 0.3 is 0 Å². The van der Waals surface area contributed by atoms with Crippen LogP contribution in [-0.4, -0.2) is 23.8 Å². The van der Waals surface area contributed by atoms with Gasteiger partial charge in [-0.3, -0.25) is 0 Å². The molecule has 20 heavy (non-hydrogen) atoms. The lowest BCUT2D eigenvalue weighted by molar-refractivity contribution is -0.124. The molecule has 1 aliphatic heterocycles. The van der Waals surface area contributed by atoms with Crippen LogP contribution < -0.4 is 5.32 Å². The van der Waals surface area contributed by atoms with Crippen molar-refractivity contribution in [3.63, 3.8) is 0 Å². The van der Waals surface area contributed by atoms with Gasteiger partial charge in [-0.2, -0.15) is 0 Å². The van der Waals surface area contributed by atoms with Crippen LogP contribution >= 0.6 is 0 Å². The van der Waals surface area contributed by atoms with Crippen molar-refractivity contribution in [2.45, 2.75) is 76.9 Å². The van der Waals surface area contributed by atoms with E-state index in [1.807, 2.05) is 0 Å². The Morgan fingerprint density at radius 2 is 1.65 bits per heavy atom. The van der Waals surface area contributed by atoms with E-state index in [4.69, 9.17) is 0 Å². The summed E-state index contributed by atoms with van der Waals surface area (Å²) >= 11 is 0. The molecule has 5 fully saturated rings. The molecule has 5 rings (SSSR count). The summed E-state index contributed by atoms with van der Waals surface area (Å²) in [4.78, 5) is 0. The molecule has 5 aliphatic rings. The largest absolute Gasteiger partial charge is 0.392 e. The summed E-state index contributed by atoms with van der Waals surface area (Å²) in [5.41, 5.74) is 0.317. The van der Waals surface area contributed by atoms with E-state index < -0.39 is 0 Å². The molecule has 0 amide bonds. The molecule has 3 unspecified atom stereocenters. The maximum absolute atomic E-state index is 11.0. The van der Waals surface area contributed by atoms with Crippen LogP contribution in [0.5, 0.6) is 0 Å². The summed E-state index contributed by atoms with van der Waals surface area (Å²) < 4.78 is 0. The van der Waals surface area contributed by atoms with E-state index in [1.165, 1.54) is 51.4 Å². The molecular formula is C18H31NO. The summed E-state index contributed by atoms with van der Waals surface area (Å²) in [6.07, 6.45) is 12.0. The first-order valence-electron chi connectivity index (χ1n) is 9.04. The van der Waals surface area contributed by atoms with Gasteiger partial charge in [0.15, 0.2) is 0 Å². The number of nitrogens with one attached hydrogen (secondary N) is 1. The van der Waals surface area contributed by atoms with Crippen LogP contribution in [0.2, 0.25) is 0 Å². The highest BCUT2D eigenvalue weighted by molar-refractivity contribution is 5.05. The zero-order valence-corrected chi connectivity index (χ0v) is 13.0. The Morgan fingerprint density at radius 1 is 1.05 bits per heavy atom. The van der Waals surface area contributed by atoms with Gasteiger partial charge in [0.05, 0.1) is 6.10 Å². The molecule has 0 spiro atoms. The van der Waals surface area contributed by atoms with Gasteiger partial charge in [0.25, 0.3) is 0 Å². The van der Waals surface area contributed by atoms with Crippen LogP contribution in [0.3, 0.4) is 0 Å². The Kier molecular flexibility index (Phi) is 3.38. The molecule has 0 aromatic rings. The molecule has 1 saturated heterocycles. The number of aliphatic hydroxyl groups is 1. The molecule has 4 aliphatic carbocycles. The standard InChI is InChI=1S/C18H31NO/c1-12-2-3-19-16(4-12)8-17(20)18-9-13-5-14(10-18)7-15(6-13)11-18/h12-17,19-20H,2-11H2,1H3. The predicted molar refractivity (Wildman–Crippen MR) is 81.4 cm³/mol. The van der Waals surface area contributed by atoms with E-state index >= 15 is 0 Å². The first kappa shape index (κ1) is 13.6. The van der Waals surface area contributed by atoms with E-state index in [9.17, 15) is 5.11 Å². The van der Waals surface area contributed by atoms with Crippen molar-refractivity contribution < 1.29 is 5.11 Å². The number of hydrogen-bond acceptors (Lipinski definition) is 2. The van der Waals surface area contributed by atoms with Crippen molar-refractivity contribution in [2.24, 2.45) is 29.1 Å². The molecule has 4 bridgehead atoms. The minimum atomic E-state index is -0.0429. The Hall–Kier alpha value is -0.0800. The molecule has 1 heterocycles. The van der Waals surface area contributed by atoms with Crippen LogP contribution in [0.15, 0.2) is 0 Å². The lowest BCUT2D eigenvalue weighted by Crippen LogP contribution is -2.53. The number of rotatable bonds is 3. The average Bonchev–Trinajstić information content (AvgIpc) is 2.37. The van der Waals surface area contributed by atoms with Gasteiger partial charge in [0, 0.05) is 6.04 Å². The normalized spacial score (nSPS) is 52.2. The SMILES string of the molecule is CC1CCNC(CC(O)C23CC4CC(CC(C4)C2)C3)C1. The highest BCUT2D eigenvalue weighted by Crippen LogP contribution is 2.61. The second-order valence-electron chi connectivity index (χ2n) is 8.81. The lowest BCUT2D eigenvalue weighted by Gasteiger charge is -2.58. The number of aliphatic hydroxyl groups excluding tert-OH is 1. The Labute approximate surface area is 123 Å². The lowest BCUT2D eigenvalue weighted by atomic mass is 9.48. The molecule has 4 saturated carbocycles. The summed E-state index contributed by atoms with van der Waals surface area (Å²) in [6.45, 7) is 3.52. The van der Waals surface area contributed by atoms with Crippen molar-refractivity contribution in [3.8, 4) is 0 Å². The van der Waals surface area contributed by atoms with Crippen molar-refractivity contribution in [1.29, 1.82) is 0 Å². The molecule has 0 radical (unpaired) electrons. The second-order valence-corrected chi connectivity index (χ2v) is 8.81. The Balaban J connectivity index is 1.44. The van der Waals surface area contributed by atoms with Crippen LogP contribution in [0.4, 0.5) is 0 Å². The van der Waals surface area contributed by atoms with Gasteiger partial charge in [-0.25, -0.2) is 0 Å². The second kappa shape index (κ2) is 4.98. The van der Waals surface area contributed by atoms with Gasteiger partial charge in [0.1, 0.15) is 0 Å². The van der Waals surface area contributed by atoms with Crippen molar-refractivity contribution in [2.75, 3.05) is 6.54 Å². The van der Waals surface area contributed by atoms with Gasteiger partial charge < -0.3 is 10.4 Å². The first-order valence-corrected chi connectivity index (χ1v) is 9.04. The molecule has 2 N–H and O–H groups in total. The van der Waals surface area contributed by atoms with E-state index in [0.717, 1.165) is 36.6 Å². The first-order chi connectivity index (χ1) is 9.63. The fourth-order valence-corrected chi connectivity index (χ4v) is 6.51. The Bertz CT molecular complexity index is 331. The fraction of sp³-hybridized carbons (Fsp3) is 1.00. The maximum atomic E-state index is 11.0. The zero-order valence-electron chi connectivity index (χ0n) is 13.0. The van der Waals surface area contributed by atoms with Gasteiger partial charge in [0.2, 0.25) is 0 Å². The smallest absolute Gasteiger partial charge is 0.0611 e. The summed E-state index contributed by atoms with van der Waals surface area (Å²) in [7, 11) is 0. The topological polar surface area (TPSA) is 32.3 Å². The summed E-state index contributed by atoms with van der Waals surface area (Å²) in [6, 6.07) is 0.571. The molecular weight excluding hydrogens is 246 g/mol. The number of piperidine rings is 1. The van der Waals surface area contributed by atoms with E-state index in [1.54, 1.807) is 0 Å². The van der Waals surface area contributed by atoms with E-state index in [2.05, 4.69) is 12.2 Å². The molecule has 0 aromatic heterocycles. The minimum Gasteiger partial charge on any atom is -0.392 e. The third-order valence-corrected chi connectivity index (χ3v) is 7.06. The van der Waals surface area contributed by atoms with Crippen molar-refractivity contribution in [1.82, 2.24) is 5.32 Å². The molecule has 3 atom stereocenters. The van der Waals surface area contributed by atoms with Crippen molar-refractivity contribution >= 4 is 0 Å². The zero-order chi connectivity index (χ0) is 13.7. The van der Waals surface area contributed by atoms with Gasteiger partial charge in [-0.05, 0) is 93.4 Å².